The molecule has 8 heteroatoms. The van der Waals surface area contributed by atoms with E-state index >= 15 is 0 Å². The lowest BCUT2D eigenvalue weighted by atomic mass is 9.52. The highest BCUT2D eigenvalue weighted by Crippen LogP contribution is 2.52. The SMILES string of the molecule is [B]C1(C)CC(C(=O)n2nnc3ccccc32)CC=C1C(C)(C#N)CC#CCOC(C)=O. The number of fused-ring (bicyclic) bond motifs is 1. The Kier molecular flexibility index (Phi) is 6.31. The van der Waals surface area contributed by atoms with E-state index in [1.807, 2.05) is 25.1 Å². The fraction of sp³-hybridized carbons (Fsp3) is 0.435. The summed E-state index contributed by atoms with van der Waals surface area (Å²) in [5, 5.41) is 17.1. The van der Waals surface area contributed by atoms with E-state index < -0.39 is 16.7 Å². The summed E-state index contributed by atoms with van der Waals surface area (Å²) in [5.74, 6) is 4.71. The molecule has 0 amide bonds. The van der Waals surface area contributed by atoms with Gasteiger partial charge in [-0.3, -0.25) is 9.59 Å². The molecule has 3 atom stereocenters. The predicted molar refractivity (Wildman–Crippen MR) is 116 cm³/mol. The van der Waals surface area contributed by atoms with E-state index in [0.29, 0.717) is 23.9 Å². The Balaban J connectivity index is 1.80. The Labute approximate surface area is 182 Å². The van der Waals surface area contributed by atoms with Gasteiger partial charge in [-0.15, -0.1) is 5.10 Å². The quantitative estimate of drug-likeness (QED) is 0.330. The number of allylic oxidation sites excluding steroid dienone is 2. The number of hydrogen-bond donors (Lipinski definition) is 0. The van der Waals surface area contributed by atoms with Crippen molar-refractivity contribution in [1.82, 2.24) is 15.0 Å². The van der Waals surface area contributed by atoms with Crippen LogP contribution >= 0.6 is 0 Å². The summed E-state index contributed by atoms with van der Waals surface area (Å²) >= 11 is 0. The summed E-state index contributed by atoms with van der Waals surface area (Å²) in [4.78, 5) is 24.0. The van der Waals surface area contributed by atoms with Crippen molar-refractivity contribution in [3.63, 3.8) is 0 Å². The fourth-order valence-electron chi connectivity index (χ4n) is 4.07. The van der Waals surface area contributed by atoms with Crippen LogP contribution in [0.15, 0.2) is 35.9 Å². The molecule has 0 saturated carbocycles. The first-order chi connectivity index (χ1) is 14.7. The summed E-state index contributed by atoms with van der Waals surface area (Å²) in [6, 6.07) is 9.62. The van der Waals surface area contributed by atoms with Gasteiger partial charge in [0.25, 0.3) is 5.91 Å². The largest absolute Gasteiger partial charge is 0.453 e. The number of nitrogens with zero attached hydrogens (tertiary/aromatic N) is 4. The molecule has 2 radical (unpaired) electrons. The van der Waals surface area contributed by atoms with Crippen LogP contribution < -0.4 is 0 Å². The first-order valence-corrected chi connectivity index (χ1v) is 10.0. The van der Waals surface area contributed by atoms with Crippen LogP contribution in [0.1, 0.15) is 44.8 Å². The molecule has 1 aliphatic rings. The maximum Gasteiger partial charge on any atom is 0.303 e. The third-order valence-corrected chi connectivity index (χ3v) is 5.56. The van der Waals surface area contributed by atoms with Gasteiger partial charge in [0.15, 0.2) is 6.61 Å². The first-order valence-electron chi connectivity index (χ1n) is 10.0. The minimum Gasteiger partial charge on any atom is -0.453 e. The van der Waals surface area contributed by atoms with E-state index in [0.717, 1.165) is 5.57 Å². The number of para-hydroxylation sites is 1. The molecular formula is C23H23BN4O3. The van der Waals surface area contributed by atoms with E-state index in [1.54, 1.807) is 19.1 Å². The predicted octanol–water partition coefficient (Wildman–Crippen LogP) is 3.24. The van der Waals surface area contributed by atoms with Gasteiger partial charge in [0, 0.05) is 19.3 Å². The third kappa shape index (κ3) is 4.69. The van der Waals surface area contributed by atoms with Crippen LogP contribution in [0.25, 0.3) is 11.0 Å². The third-order valence-electron chi connectivity index (χ3n) is 5.56. The molecule has 3 unspecified atom stereocenters. The van der Waals surface area contributed by atoms with Crippen LogP contribution in [-0.2, 0) is 9.53 Å². The lowest BCUT2D eigenvalue weighted by molar-refractivity contribution is -0.139. The Morgan fingerprint density at radius 2 is 2.13 bits per heavy atom. The number of ether oxygens (including phenoxy) is 1. The molecule has 31 heavy (non-hydrogen) atoms. The molecule has 7 nitrogen and oxygen atoms in total. The number of carbonyl (C=O) groups excluding carboxylic acids is 2. The van der Waals surface area contributed by atoms with Gasteiger partial charge in [-0.05, 0) is 37.2 Å². The monoisotopic (exact) mass is 414 g/mol. The summed E-state index contributed by atoms with van der Waals surface area (Å²) in [5.41, 5.74) is 1.16. The van der Waals surface area contributed by atoms with Gasteiger partial charge in [0.1, 0.15) is 5.52 Å². The van der Waals surface area contributed by atoms with Crippen LogP contribution in [0.4, 0.5) is 0 Å². The van der Waals surface area contributed by atoms with Gasteiger partial charge in [-0.25, -0.2) is 0 Å². The summed E-state index contributed by atoms with van der Waals surface area (Å²) in [7, 11) is 6.61. The van der Waals surface area contributed by atoms with Crippen LogP contribution in [0, 0.1) is 34.5 Å². The molecule has 0 bridgehead atoms. The number of hydrogen-bond acceptors (Lipinski definition) is 6. The molecule has 2 aromatic rings. The zero-order valence-corrected chi connectivity index (χ0v) is 17.9. The van der Waals surface area contributed by atoms with Crippen LogP contribution in [0.3, 0.4) is 0 Å². The van der Waals surface area contributed by atoms with Gasteiger partial charge in [0.05, 0.1) is 24.8 Å². The fourth-order valence-corrected chi connectivity index (χ4v) is 4.07. The summed E-state index contributed by atoms with van der Waals surface area (Å²) < 4.78 is 6.13. The minimum atomic E-state index is -0.916. The second kappa shape index (κ2) is 8.77. The molecular weight excluding hydrogens is 391 g/mol. The van der Waals surface area contributed by atoms with Gasteiger partial charge in [0.2, 0.25) is 0 Å². The number of benzene rings is 1. The van der Waals surface area contributed by atoms with Crippen molar-refractivity contribution in [3.8, 4) is 17.9 Å². The Morgan fingerprint density at radius 1 is 1.39 bits per heavy atom. The van der Waals surface area contributed by atoms with Crippen molar-refractivity contribution in [2.45, 2.75) is 45.3 Å². The van der Waals surface area contributed by atoms with Crippen LogP contribution in [0.5, 0.6) is 0 Å². The van der Waals surface area contributed by atoms with Gasteiger partial charge in [-0.1, -0.05) is 47.8 Å². The second-order valence-electron chi connectivity index (χ2n) is 8.25. The van der Waals surface area contributed by atoms with E-state index in [-0.39, 0.29) is 24.9 Å². The zero-order chi connectivity index (χ0) is 22.6. The second-order valence-corrected chi connectivity index (χ2v) is 8.25. The zero-order valence-electron chi connectivity index (χ0n) is 17.9. The van der Waals surface area contributed by atoms with Crippen molar-refractivity contribution in [2.75, 3.05) is 6.61 Å². The van der Waals surface area contributed by atoms with E-state index in [2.05, 4.69) is 28.2 Å². The smallest absolute Gasteiger partial charge is 0.303 e. The molecule has 0 aliphatic heterocycles. The number of nitriles is 1. The van der Waals surface area contributed by atoms with E-state index in [9.17, 15) is 14.9 Å². The highest BCUT2D eigenvalue weighted by molar-refractivity contribution is 6.17. The number of carbonyl (C=O) groups is 2. The lowest BCUT2D eigenvalue weighted by Crippen LogP contribution is -2.35. The Morgan fingerprint density at radius 3 is 2.81 bits per heavy atom. The molecule has 0 N–H and O–H groups in total. The van der Waals surface area contributed by atoms with Gasteiger partial charge < -0.3 is 4.74 Å². The number of rotatable bonds is 4. The molecule has 1 aliphatic carbocycles. The molecule has 1 aromatic heterocycles. The molecule has 1 aromatic carbocycles. The van der Waals surface area contributed by atoms with Crippen LogP contribution in [0.2, 0.25) is 5.31 Å². The molecule has 156 valence electrons. The van der Waals surface area contributed by atoms with Crippen molar-refractivity contribution in [3.05, 3.63) is 35.9 Å². The highest BCUT2D eigenvalue weighted by Gasteiger charge is 2.42. The normalized spacial score (nSPS) is 22.4. The van der Waals surface area contributed by atoms with Gasteiger partial charge in [-0.2, -0.15) is 9.94 Å². The van der Waals surface area contributed by atoms with Crippen molar-refractivity contribution in [1.29, 1.82) is 5.26 Å². The van der Waals surface area contributed by atoms with Crippen LogP contribution in [-0.4, -0.2) is 41.3 Å². The van der Waals surface area contributed by atoms with Crippen molar-refractivity contribution >= 4 is 30.8 Å². The van der Waals surface area contributed by atoms with E-state index in [1.165, 1.54) is 11.6 Å². The standard InChI is InChI=1S/C23H23BN4O3/c1-16(29)31-13-7-6-12-22(2,15-25)20-11-10-17(14-23(20,3)24)21(30)28-19-9-5-4-8-18(19)26-27-28/h4-5,8-9,11,17H,10,12-14H2,1-3H3. The van der Waals surface area contributed by atoms with E-state index in [4.69, 9.17) is 12.6 Å². The lowest BCUT2D eigenvalue weighted by Gasteiger charge is -2.42. The first kappa shape index (κ1) is 22.3. The highest BCUT2D eigenvalue weighted by atomic mass is 16.5. The number of aromatic nitrogens is 3. The molecule has 0 saturated heterocycles. The minimum absolute atomic E-state index is 0.0157. The molecule has 0 fully saturated rings. The molecule has 1 heterocycles. The Hall–Kier alpha value is -3.39. The van der Waals surface area contributed by atoms with Crippen molar-refractivity contribution < 1.29 is 14.3 Å². The summed E-state index contributed by atoms with van der Waals surface area (Å²) in [6.07, 6.45) is 2.97. The summed E-state index contributed by atoms with van der Waals surface area (Å²) in [6.45, 7) is 4.92. The maximum atomic E-state index is 13.1. The molecule has 0 spiro atoms. The Bertz CT molecular complexity index is 1150. The molecule has 3 rings (SSSR count). The number of esters is 1. The maximum absolute atomic E-state index is 13.1. The average molecular weight is 414 g/mol. The van der Waals surface area contributed by atoms with Crippen molar-refractivity contribution in [2.24, 2.45) is 11.3 Å². The topological polar surface area (TPSA) is 97.9 Å². The average Bonchev–Trinajstić information content (AvgIpc) is 3.16. The van der Waals surface area contributed by atoms with Gasteiger partial charge >= 0.3 is 5.97 Å².